The van der Waals surface area contributed by atoms with Crippen LogP contribution in [0.5, 0.6) is 0 Å². The fourth-order valence-corrected chi connectivity index (χ4v) is 2.46. The summed E-state index contributed by atoms with van der Waals surface area (Å²) in [4.78, 5) is 15.8. The lowest BCUT2D eigenvalue weighted by atomic mass is 10.2. The van der Waals surface area contributed by atoms with Crippen LogP contribution in [0.15, 0.2) is 35.3 Å². The van der Waals surface area contributed by atoms with E-state index in [1.165, 1.54) is 0 Å². The summed E-state index contributed by atoms with van der Waals surface area (Å²) in [6.07, 6.45) is 0. The summed E-state index contributed by atoms with van der Waals surface area (Å²) < 4.78 is 0. The van der Waals surface area contributed by atoms with Gasteiger partial charge in [0.1, 0.15) is 6.04 Å². The van der Waals surface area contributed by atoms with Crippen LogP contribution in [-0.4, -0.2) is 29.8 Å². The predicted molar refractivity (Wildman–Crippen MR) is 63.3 cm³/mol. The van der Waals surface area contributed by atoms with E-state index in [2.05, 4.69) is 10.3 Å². The standard InChI is InChI=1S/C11H12N2OS/c1-12-10(14)9-7-15-11(13-9)8-5-3-2-4-6-8/h2-6,9H,7H2,1H3,(H,12,14). The number of rotatable bonds is 2. The first kappa shape index (κ1) is 10.2. The van der Waals surface area contributed by atoms with E-state index in [-0.39, 0.29) is 11.9 Å². The summed E-state index contributed by atoms with van der Waals surface area (Å²) in [5, 5.41) is 3.58. The zero-order valence-electron chi connectivity index (χ0n) is 8.43. The number of amides is 1. The molecule has 1 aliphatic rings. The second-order valence-electron chi connectivity index (χ2n) is 3.24. The lowest BCUT2D eigenvalue weighted by molar-refractivity contribution is -0.121. The Bertz CT molecular complexity index is 389. The topological polar surface area (TPSA) is 41.5 Å². The molecule has 0 aliphatic carbocycles. The van der Waals surface area contributed by atoms with Crippen LogP contribution in [0.2, 0.25) is 0 Å². The van der Waals surface area contributed by atoms with Crippen molar-refractivity contribution in [3.63, 3.8) is 0 Å². The van der Waals surface area contributed by atoms with Gasteiger partial charge in [0, 0.05) is 18.4 Å². The third-order valence-electron chi connectivity index (χ3n) is 2.22. The second kappa shape index (κ2) is 4.49. The molecule has 4 heteroatoms. The molecule has 2 rings (SSSR count). The molecular formula is C11H12N2OS. The molecule has 15 heavy (non-hydrogen) atoms. The zero-order chi connectivity index (χ0) is 10.7. The minimum absolute atomic E-state index is 0.00608. The maximum Gasteiger partial charge on any atom is 0.245 e. The highest BCUT2D eigenvalue weighted by molar-refractivity contribution is 8.14. The van der Waals surface area contributed by atoms with Gasteiger partial charge in [-0.2, -0.15) is 0 Å². The molecule has 78 valence electrons. The molecule has 0 saturated heterocycles. The van der Waals surface area contributed by atoms with E-state index >= 15 is 0 Å². The van der Waals surface area contributed by atoms with E-state index < -0.39 is 0 Å². The van der Waals surface area contributed by atoms with Gasteiger partial charge >= 0.3 is 0 Å². The van der Waals surface area contributed by atoms with Crippen LogP contribution in [0.1, 0.15) is 5.56 Å². The third-order valence-corrected chi connectivity index (χ3v) is 3.32. The first-order chi connectivity index (χ1) is 7.31. The van der Waals surface area contributed by atoms with Crippen LogP contribution in [-0.2, 0) is 4.79 Å². The Kier molecular flexibility index (Phi) is 3.06. The average molecular weight is 220 g/mol. The Morgan fingerprint density at radius 2 is 2.20 bits per heavy atom. The Labute approximate surface area is 93.0 Å². The minimum Gasteiger partial charge on any atom is -0.357 e. The maximum atomic E-state index is 11.4. The van der Waals surface area contributed by atoms with Gasteiger partial charge in [0.25, 0.3) is 0 Å². The van der Waals surface area contributed by atoms with E-state index in [1.54, 1.807) is 18.8 Å². The van der Waals surface area contributed by atoms with Gasteiger partial charge < -0.3 is 5.32 Å². The molecule has 0 radical (unpaired) electrons. The molecule has 0 aromatic heterocycles. The zero-order valence-corrected chi connectivity index (χ0v) is 9.25. The van der Waals surface area contributed by atoms with Gasteiger partial charge in [0.15, 0.2) is 0 Å². The SMILES string of the molecule is CNC(=O)C1CSC(c2ccccc2)=N1. The number of nitrogens with one attached hydrogen (secondary N) is 1. The molecule has 1 atom stereocenters. The molecule has 0 bridgehead atoms. The Hall–Kier alpha value is -1.29. The van der Waals surface area contributed by atoms with Crippen LogP contribution in [0, 0.1) is 0 Å². The number of likely N-dealkylation sites (N-methyl/N-ethyl adjacent to an activating group) is 1. The van der Waals surface area contributed by atoms with Gasteiger partial charge in [-0.05, 0) is 0 Å². The highest BCUT2D eigenvalue weighted by Crippen LogP contribution is 2.23. The molecule has 1 unspecified atom stereocenters. The molecule has 1 aromatic rings. The van der Waals surface area contributed by atoms with Gasteiger partial charge in [-0.3, -0.25) is 9.79 Å². The number of carbonyl (C=O) groups is 1. The van der Waals surface area contributed by atoms with Crippen LogP contribution >= 0.6 is 11.8 Å². The van der Waals surface area contributed by atoms with Crippen molar-refractivity contribution in [1.29, 1.82) is 0 Å². The van der Waals surface area contributed by atoms with Gasteiger partial charge in [-0.1, -0.05) is 30.3 Å². The number of hydrogen-bond acceptors (Lipinski definition) is 3. The summed E-state index contributed by atoms with van der Waals surface area (Å²) in [5.41, 5.74) is 1.09. The molecule has 1 heterocycles. The summed E-state index contributed by atoms with van der Waals surface area (Å²) in [6, 6.07) is 9.73. The number of aliphatic imine (C=N–C) groups is 1. The number of hydrogen-bond donors (Lipinski definition) is 1. The van der Waals surface area contributed by atoms with Crippen molar-refractivity contribution in [2.75, 3.05) is 12.8 Å². The summed E-state index contributed by atoms with van der Waals surface area (Å²) >= 11 is 1.64. The summed E-state index contributed by atoms with van der Waals surface area (Å²) in [6.45, 7) is 0. The molecule has 3 nitrogen and oxygen atoms in total. The van der Waals surface area contributed by atoms with E-state index in [0.29, 0.717) is 0 Å². The minimum atomic E-state index is -0.227. The van der Waals surface area contributed by atoms with Gasteiger partial charge in [-0.15, -0.1) is 11.8 Å². The van der Waals surface area contributed by atoms with Crippen molar-refractivity contribution >= 4 is 22.7 Å². The fraction of sp³-hybridized carbons (Fsp3) is 0.273. The Morgan fingerprint density at radius 3 is 2.87 bits per heavy atom. The third kappa shape index (κ3) is 2.21. The molecular weight excluding hydrogens is 208 g/mol. The lowest BCUT2D eigenvalue weighted by Crippen LogP contribution is -2.30. The molecule has 1 aliphatic heterocycles. The van der Waals surface area contributed by atoms with Crippen LogP contribution in [0.25, 0.3) is 0 Å². The number of carbonyl (C=O) groups excluding carboxylic acids is 1. The smallest absolute Gasteiger partial charge is 0.245 e. The highest BCUT2D eigenvalue weighted by atomic mass is 32.2. The molecule has 0 spiro atoms. The van der Waals surface area contributed by atoms with Crippen molar-refractivity contribution in [3.05, 3.63) is 35.9 Å². The highest BCUT2D eigenvalue weighted by Gasteiger charge is 2.24. The van der Waals surface area contributed by atoms with Crippen LogP contribution in [0.4, 0.5) is 0 Å². The van der Waals surface area contributed by atoms with Crippen LogP contribution < -0.4 is 5.32 Å². The fourth-order valence-electron chi connectivity index (χ4n) is 1.41. The van der Waals surface area contributed by atoms with E-state index in [0.717, 1.165) is 16.4 Å². The number of thioether (sulfide) groups is 1. The maximum absolute atomic E-state index is 11.4. The van der Waals surface area contributed by atoms with E-state index in [1.807, 2.05) is 30.3 Å². The van der Waals surface area contributed by atoms with Crippen molar-refractivity contribution < 1.29 is 4.79 Å². The first-order valence-corrected chi connectivity index (χ1v) is 5.77. The van der Waals surface area contributed by atoms with E-state index in [9.17, 15) is 4.79 Å². The molecule has 0 fully saturated rings. The predicted octanol–water partition coefficient (Wildman–Crippen LogP) is 1.29. The van der Waals surface area contributed by atoms with Crippen molar-refractivity contribution in [3.8, 4) is 0 Å². The molecule has 0 saturated carbocycles. The normalized spacial score (nSPS) is 19.8. The largest absolute Gasteiger partial charge is 0.357 e. The van der Waals surface area contributed by atoms with Gasteiger partial charge in [0.2, 0.25) is 5.91 Å². The number of nitrogens with zero attached hydrogens (tertiary/aromatic N) is 1. The quantitative estimate of drug-likeness (QED) is 0.816. The summed E-state index contributed by atoms with van der Waals surface area (Å²) in [5.74, 6) is 0.734. The number of benzene rings is 1. The molecule has 1 N–H and O–H groups in total. The summed E-state index contributed by atoms with van der Waals surface area (Å²) in [7, 11) is 1.64. The Balaban J connectivity index is 2.17. The molecule has 1 amide bonds. The van der Waals surface area contributed by atoms with Crippen LogP contribution in [0.3, 0.4) is 0 Å². The van der Waals surface area contributed by atoms with Crippen molar-refractivity contribution in [2.45, 2.75) is 6.04 Å². The second-order valence-corrected chi connectivity index (χ2v) is 4.25. The average Bonchev–Trinajstić information content (AvgIpc) is 2.78. The molecule has 1 aromatic carbocycles. The first-order valence-electron chi connectivity index (χ1n) is 4.79. The lowest BCUT2D eigenvalue weighted by Gasteiger charge is -2.01. The Morgan fingerprint density at radius 1 is 1.47 bits per heavy atom. The van der Waals surface area contributed by atoms with Crippen molar-refractivity contribution in [2.24, 2.45) is 4.99 Å². The monoisotopic (exact) mass is 220 g/mol. The van der Waals surface area contributed by atoms with Crippen molar-refractivity contribution in [1.82, 2.24) is 5.32 Å². The van der Waals surface area contributed by atoms with Gasteiger partial charge in [-0.25, -0.2) is 0 Å². The van der Waals surface area contributed by atoms with E-state index in [4.69, 9.17) is 0 Å². The van der Waals surface area contributed by atoms with Gasteiger partial charge in [0.05, 0.1) is 5.04 Å².